The number of benzene rings is 1. The van der Waals surface area contributed by atoms with E-state index >= 15 is 0 Å². The molecule has 34 heavy (non-hydrogen) atoms. The summed E-state index contributed by atoms with van der Waals surface area (Å²) in [4.78, 5) is 10.3. The maximum atomic E-state index is 6.72. The molecule has 1 fully saturated rings. The molecule has 4 rings (SSSR count). The fourth-order valence-electron chi connectivity index (χ4n) is 5.38. The first kappa shape index (κ1) is 26.6. The molecular formula is C26H37B4N2S2. The van der Waals surface area contributed by atoms with E-state index in [9.17, 15) is 0 Å². The van der Waals surface area contributed by atoms with Crippen LogP contribution in [0.4, 0.5) is 0 Å². The molecule has 2 bridgehead atoms. The van der Waals surface area contributed by atoms with Gasteiger partial charge in [-0.25, -0.2) is 9.97 Å². The number of rotatable bonds is 6. The third-order valence-corrected chi connectivity index (χ3v) is 11.0. The van der Waals surface area contributed by atoms with Crippen LogP contribution in [0.25, 0.3) is 11.0 Å². The molecule has 1 saturated carbocycles. The molecule has 1 aromatic carbocycles. The van der Waals surface area contributed by atoms with Crippen LogP contribution in [0, 0.1) is 0 Å². The van der Waals surface area contributed by atoms with Crippen LogP contribution in [0.5, 0.6) is 0 Å². The largest absolute Gasteiger partial charge is 0.248 e. The van der Waals surface area contributed by atoms with E-state index in [0.29, 0.717) is 0 Å². The summed E-state index contributed by atoms with van der Waals surface area (Å²) in [5.41, 5.74) is 5.52. The second-order valence-corrected chi connectivity index (χ2v) is 13.5. The van der Waals surface area contributed by atoms with Crippen molar-refractivity contribution >= 4 is 69.5 Å². The van der Waals surface area contributed by atoms with Crippen LogP contribution in [-0.2, 0) is 11.5 Å². The molecule has 0 amide bonds. The lowest BCUT2D eigenvalue weighted by Crippen LogP contribution is -2.47. The van der Waals surface area contributed by atoms with Crippen molar-refractivity contribution in [3.8, 4) is 0 Å². The van der Waals surface area contributed by atoms with Crippen LogP contribution in [0.15, 0.2) is 18.2 Å². The number of hydrogen-bond donors (Lipinski definition) is 0. The first-order valence-corrected chi connectivity index (χ1v) is 15.3. The molecule has 2 aliphatic rings. The van der Waals surface area contributed by atoms with Gasteiger partial charge in [0.25, 0.3) is 0 Å². The predicted octanol–water partition coefficient (Wildman–Crippen LogP) is 6.11. The number of thioether (sulfide) groups is 2. The monoisotopic (exact) mass is 485 g/mol. The van der Waals surface area contributed by atoms with Gasteiger partial charge in [-0.3, -0.25) is 0 Å². The summed E-state index contributed by atoms with van der Waals surface area (Å²) >= 11 is 4.23. The molecule has 2 aromatic rings. The molecule has 1 aromatic heterocycles. The maximum Gasteiger partial charge on any atom is 0.149 e. The molecule has 1 aliphatic carbocycles. The van der Waals surface area contributed by atoms with E-state index in [-0.39, 0.29) is 11.8 Å². The lowest BCUT2D eigenvalue weighted by Gasteiger charge is -2.43. The van der Waals surface area contributed by atoms with Crippen molar-refractivity contribution in [1.29, 1.82) is 0 Å². The molecule has 5 radical (unpaired) electrons. The Kier molecular flexibility index (Phi) is 8.82. The van der Waals surface area contributed by atoms with E-state index in [0.717, 1.165) is 51.3 Å². The SMILES string of the molecule is [B]B(C([B])(C)CC)C(C)([B]c1ccc2nc3c(nc2c1)CSC1CCCCCC(C1)SC3)CC. The molecule has 0 spiro atoms. The lowest BCUT2D eigenvalue weighted by atomic mass is 9.03. The molecule has 8 heteroatoms. The zero-order valence-corrected chi connectivity index (χ0v) is 23.1. The molecule has 175 valence electrons. The van der Waals surface area contributed by atoms with Gasteiger partial charge in [-0.2, -0.15) is 23.5 Å². The smallest absolute Gasteiger partial charge is 0.149 e. The van der Waals surface area contributed by atoms with E-state index in [2.05, 4.69) is 76.7 Å². The van der Waals surface area contributed by atoms with E-state index in [1.807, 2.05) is 0 Å². The summed E-state index contributed by atoms with van der Waals surface area (Å²) in [6, 6.07) is 6.50. The first-order valence-electron chi connectivity index (χ1n) is 13.2. The molecule has 1 aliphatic heterocycles. The van der Waals surface area contributed by atoms with Crippen LogP contribution in [0.1, 0.15) is 90.4 Å². The van der Waals surface area contributed by atoms with Gasteiger partial charge in [-0.15, -0.1) is 0 Å². The van der Waals surface area contributed by atoms with Gasteiger partial charge in [0.1, 0.15) is 7.28 Å². The topological polar surface area (TPSA) is 25.8 Å². The Morgan fingerprint density at radius 3 is 2.18 bits per heavy atom. The highest BCUT2D eigenvalue weighted by Gasteiger charge is 2.40. The molecule has 2 nitrogen and oxygen atoms in total. The first-order chi connectivity index (χ1) is 16.2. The highest BCUT2D eigenvalue weighted by Crippen LogP contribution is 2.43. The predicted molar refractivity (Wildman–Crippen MR) is 157 cm³/mol. The Balaban J connectivity index is 1.60. The molecule has 0 N–H and O–H groups in total. The van der Waals surface area contributed by atoms with Crippen LogP contribution in [0.3, 0.4) is 0 Å². The third kappa shape index (κ3) is 6.07. The zero-order valence-electron chi connectivity index (χ0n) is 21.5. The van der Waals surface area contributed by atoms with Crippen molar-refractivity contribution in [3.05, 3.63) is 29.6 Å². The summed E-state index contributed by atoms with van der Waals surface area (Å²) in [5, 5.41) is 0.933. The standard InChI is InChI=1S/C26H37B4N2S2/c1-5-25(3,27)30(28)26(4,6-2)29-18-12-13-21-22(14-18)32-24-17-34-20-11-9-7-8-10-19(15-20)33-16-23(24)31-21/h12-14,19-20H,5-11,15-17H2,1-4H3. The summed E-state index contributed by atoms with van der Waals surface area (Å²) < 4.78 is 0. The number of fused-ring (bicyclic) bond motifs is 4. The minimum atomic E-state index is -0.406. The molecule has 2 heterocycles. The summed E-state index contributed by atoms with van der Waals surface area (Å²) in [5.74, 6) is 1.96. The highest BCUT2D eigenvalue weighted by atomic mass is 32.2. The Morgan fingerprint density at radius 2 is 1.59 bits per heavy atom. The zero-order chi connectivity index (χ0) is 24.3. The van der Waals surface area contributed by atoms with Crippen LogP contribution >= 0.6 is 23.5 Å². The van der Waals surface area contributed by atoms with E-state index in [1.54, 1.807) is 0 Å². The van der Waals surface area contributed by atoms with Gasteiger partial charge in [-0.05, 0) is 31.4 Å². The number of nitrogens with zero attached hydrogens (tertiary/aromatic N) is 2. The summed E-state index contributed by atoms with van der Waals surface area (Å²) in [7, 11) is 15.6. The number of aromatic nitrogens is 2. The Bertz CT molecular complexity index is 989. The Hall–Kier alpha value is -0.480. The van der Waals surface area contributed by atoms with E-state index < -0.39 is 5.21 Å². The minimum absolute atomic E-state index is 0.128. The summed E-state index contributed by atoms with van der Waals surface area (Å²) in [6.07, 6.45) is 9.99. The van der Waals surface area contributed by atoms with Crippen LogP contribution in [0.2, 0.25) is 10.4 Å². The summed E-state index contributed by atoms with van der Waals surface area (Å²) in [6.45, 7) is 8.49. The van der Waals surface area contributed by atoms with E-state index in [1.165, 1.54) is 49.9 Å². The average molecular weight is 485 g/mol. The minimum Gasteiger partial charge on any atom is -0.248 e. The van der Waals surface area contributed by atoms with Gasteiger partial charge in [0, 0.05) is 29.7 Å². The average Bonchev–Trinajstić information content (AvgIpc) is 2.90. The van der Waals surface area contributed by atoms with Gasteiger partial charge >= 0.3 is 0 Å². The van der Waals surface area contributed by atoms with Gasteiger partial charge in [0.2, 0.25) is 0 Å². The van der Waals surface area contributed by atoms with Gasteiger partial charge in [0.15, 0.2) is 0 Å². The second-order valence-electron chi connectivity index (χ2n) is 10.9. The normalized spacial score (nSPS) is 24.8. The Labute approximate surface area is 219 Å². The third-order valence-electron chi connectivity index (χ3n) is 8.27. The Morgan fingerprint density at radius 1 is 0.971 bits per heavy atom. The van der Waals surface area contributed by atoms with Gasteiger partial charge < -0.3 is 0 Å². The van der Waals surface area contributed by atoms with Crippen molar-refractivity contribution in [3.63, 3.8) is 0 Å². The van der Waals surface area contributed by atoms with Gasteiger partial charge in [-0.1, -0.05) is 81.8 Å². The quantitative estimate of drug-likeness (QED) is 0.462. The van der Waals surface area contributed by atoms with Crippen LogP contribution in [-0.4, -0.2) is 49.9 Å². The van der Waals surface area contributed by atoms with Crippen molar-refractivity contribution in [2.24, 2.45) is 0 Å². The van der Waals surface area contributed by atoms with Gasteiger partial charge in [0.05, 0.1) is 36.9 Å². The molecular weight excluding hydrogens is 448 g/mol. The second kappa shape index (κ2) is 11.3. The van der Waals surface area contributed by atoms with Crippen molar-refractivity contribution < 1.29 is 0 Å². The number of hydrogen-bond acceptors (Lipinski definition) is 4. The fourth-order valence-corrected chi connectivity index (χ4v) is 8.15. The fraction of sp³-hybridized carbons (Fsp3) is 0.692. The van der Waals surface area contributed by atoms with Crippen LogP contribution < -0.4 is 5.46 Å². The lowest BCUT2D eigenvalue weighted by molar-refractivity contribution is 0.522. The van der Waals surface area contributed by atoms with Crippen molar-refractivity contribution in [2.75, 3.05) is 0 Å². The molecule has 4 unspecified atom stereocenters. The van der Waals surface area contributed by atoms with Crippen molar-refractivity contribution in [2.45, 2.75) is 111 Å². The van der Waals surface area contributed by atoms with Crippen molar-refractivity contribution in [1.82, 2.24) is 9.97 Å². The highest BCUT2D eigenvalue weighted by molar-refractivity contribution is 8.00. The molecule has 0 saturated heterocycles. The van der Waals surface area contributed by atoms with E-state index in [4.69, 9.17) is 25.6 Å². The maximum absolute atomic E-state index is 6.72. The molecule has 4 atom stereocenters.